The standard InChI is InChI=1S/C15H24N2O/c1-11-7-12(2)14(15(8-11)18-3)10-16-9-13-5-4-6-17-13/h7-8,13,16-17H,4-6,9-10H2,1-3H3. The molecule has 0 spiro atoms. The monoisotopic (exact) mass is 248 g/mol. The summed E-state index contributed by atoms with van der Waals surface area (Å²) in [6.45, 7) is 7.35. The minimum absolute atomic E-state index is 0.641. The molecule has 1 fully saturated rings. The molecule has 1 aromatic rings. The molecule has 1 aliphatic rings. The van der Waals surface area contributed by atoms with Crippen molar-refractivity contribution in [2.75, 3.05) is 20.2 Å². The van der Waals surface area contributed by atoms with Crippen LogP contribution in [0.1, 0.15) is 29.5 Å². The lowest BCUT2D eigenvalue weighted by Gasteiger charge is -2.16. The largest absolute Gasteiger partial charge is 0.496 e. The van der Waals surface area contributed by atoms with Crippen LogP contribution in [0.5, 0.6) is 5.75 Å². The third kappa shape index (κ3) is 3.24. The Morgan fingerprint density at radius 3 is 2.89 bits per heavy atom. The van der Waals surface area contributed by atoms with Gasteiger partial charge in [-0.15, -0.1) is 0 Å². The summed E-state index contributed by atoms with van der Waals surface area (Å²) >= 11 is 0. The molecule has 1 aromatic carbocycles. The minimum Gasteiger partial charge on any atom is -0.496 e. The Labute approximate surface area is 110 Å². The molecule has 0 amide bonds. The van der Waals surface area contributed by atoms with Crippen LogP contribution in [0.25, 0.3) is 0 Å². The van der Waals surface area contributed by atoms with Gasteiger partial charge in [-0.05, 0) is 50.4 Å². The van der Waals surface area contributed by atoms with Crippen LogP contribution in [-0.2, 0) is 6.54 Å². The molecule has 1 saturated heterocycles. The first kappa shape index (κ1) is 13.4. The smallest absolute Gasteiger partial charge is 0.123 e. The highest BCUT2D eigenvalue weighted by Gasteiger charge is 2.14. The van der Waals surface area contributed by atoms with E-state index in [1.165, 1.54) is 36.1 Å². The molecular formula is C15H24N2O. The van der Waals surface area contributed by atoms with Crippen molar-refractivity contribution in [1.82, 2.24) is 10.6 Å². The third-order valence-electron chi connectivity index (χ3n) is 3.65. The fourth-order valence-electron chi connectivity index (χ4n) is 2.67. The van der Waals surface area contributed by atoms with Gasteiger partial charge >= 0.3 is 0 Å². The zero-order valence-corrected chi connectivity index (χ0v) is 11.7. The topological polar surface area (TPSA) is 33.3 Å². The molecule has 1 unspecified atom stereocenters. The molecule has 18 heavy (non-hydrogen) atoms. The van der Waals surface area contributed by atoms with E-state index in [1.54, 1.807) is 7.11 Å². The zero-order chi connectivity index (χ0) is 13.0. The Bertz CT molecular complexity index is 398. The molecule has 1 aliphatic heterocycles. The molecule has 1 heterocycles. The SMILES string of the molecule is COc1cc(C)cc(C)c1CNCC1CCCN1. The minimum atomic E-state index is 0.641. The Morgan fingerprint density at radius 1 is 1.39 bits per heavy atom. The normalized spacial score (nSPS) is 19.2. The van der Waals surface area contributed by atoms with Crippen LogP contribution < -0.4 is 15.4 Å². The second-order valence-corrected chi connectivity index (χ2v) is 5.19. The van der Waals surface area contributed by atoms with Crippen molar-refractivity contribution >= 4 is 0 Å². The number of benzene rings is 1. The average molecular weight is 248 g/mol. The predicted octanol–water partition coefficient (Wildman–Crippen LogP) is 2.15. The molecular weight excluding hydrogens is 224 g/mol. The van der Waals surface area contributed by atoms with Crippen molar-refractivity contribution in [3.63, 3.8) is 0 Å². The van der Waals surface area contributed by atoms with Crippen LogP contribution in [0.4, 0.5) is 0 Å². The van der Waals surface area contributed by atoms with Crippen LogP contribution in [0, 0.1) is 13.8 Å². The van der Waals surface area contributed by atoms with E-state index < -0.39 is 0 Å². The summed E-state index contributed by atoms with van der Waals surface area (Å²) in [6, 6.07) is 4.97. The molecule has 0 saturated carbocycles. The summed E-state index contributed by atoms with van der Waals surface area (Å²) in [5, 5.41) is 7.04. The maximum Gasteiger partial charge on any atom is 0.123 e. The number of nitrogens with one attached hydrogen (secondary N) is 2. The van der Waals surface area contributed by atoms with Gasteiger partial charge in [-0.3, -0.25) is 0 Å². The van der Waals surface area contributed by atoms with Crippen LogP contribution in [0.3, 0.4) is 0 Å². The summed E-state index contributed by atoms with van der Waals surface area (Å²) in [4.78, 5) is 0. The van der Waals surface area contributed by atoms with Gasteiger partial charge in [0.25, 0.3) is 0 Å². The molecule has 3 heteroatoms. The van der Waals surface area contributed by atoms with Gasteiger partial charge in [0.2, 0.25) is 0 Å². The van der Waals surface area contributed by atoms with Crippen LogP contribution in [-0.4, -0.2) is 26.2 Å². The van der Waals surface area contributed by atoms with Crippen LogP contribution in [0.2, 0.25) is 0 Å². The Morgan fingerprint density at radius 2 is 2.22 bits per heavy atom. The predicted molar refractivity (Wildman–Crippen MR) is 75.2 cm³/mol. The lowest BCUT2D eigenvalue weighted by molar-refractivity contribution is 0.406. The molecule has 2 N–H and O–H groups in total. The first-order valence-electron chi connectivity index (χ1n) is 6.79. The van der Waals surface area contributed by atoms with E-state index in [1.807, 2.05) is 0 Å². The van der Waals surface area contributed by atoms with Gasteiger partial charge in [-0.25, -0.2) is 0 Å². The molecule has 3 nitrogen and oxygen atoms in total. The highest BCUT2D eigenvalue weighted by atomic mass is 16.5. The van der Waals surface area contributed by atoms with Gasteiger partial charge in [-0.2, -0.15) is 0 Å². The maximum absolute atomic E-state index is 5.47. The number of ether oxygens (including phenoxy) is 1. The van der Waals surface area contributed by atoms with E-state index in [-0.39, 0.29) is 0 Å². The second-order valence-electron chi connectivity index (χ2n) is 5.19. The van der Waals surface area contributed by atoms with Crippen molar-refractivity contribution in [2.45, 2.75) is 39.3 Å². The van der Waals surface area contributed by atoms with Crippen LogP contribution >= 0.6 is 0 Å². The van der Waals surface area contributed by atoms with Crippen molar-refractivity contribution in [2.24, 2.45) is 0 Å². The maximum atomic E-state index is 5.47. The van der Waals surface area contributed by atoms with Gasteiger partial charge in [0, 0.05) is 24.7 Å². The van der Waals surface area contributed by atoms with E-state index in [2.05, 4.69) is 36.6 Å². The Balaban J connectivity index is 1.95. The van der Waals surface area contributed by atoms with Gasteiger partial charge in [0.05, 0.1) is 7.11 Å². The quantitative estimate of drug-likeness (QED) is 0.837. The van der Waals surface area contributed by atoms with Gasteiger partial charge in [0.15, 0.2) is 0 Å². The molecule has 0 aliphatic carbocycles. The van der Waals surface area contributed by atoms with Crippen molar-refractivity contribution in [1.29, 1.82) is 0 Å². The first-order valence-corrected chi connectivity index (χ1v) is 6.79. The van der Waals surface area contributed by atoms with E-state index in [0.29, 0.717) is 6.04 Å². The van der Waals surface area contributed by atoms with E-state index in [9.17, 15) is 0 Å². The lowest BCUT2D eigenvalue weighted by atomic mass is 10.0. The summed E-state index contributed by atoms with van der Waals surface area (Å²) in [5.74, 6) is 0.999. The molecule has 0 aromatic heterocycles. The molecule has 0 bridgehead atoms. The Hall–Kier alpha value is -1.06. The molecule has 1 atom stereocenters. The number of hydrogen-bond donors (Lipinski definition) is 2. The zero-order valence-electron chi connectivity index (χ0n) is 11.7. The third-order valence-corrected chi connectivity index (χ3v) is 3.65. The molecule has 0 radical (unpaired) electrons. The van der Waals surface area contributed by atoms with Crippen molar-refractivity contribution in [3.8, 4) is 5.75 Å². The van der Waals surface area contributed by atoms with Crippen molar-refractivity contribution < 1.29 is 4.74 Å². The van der Waals surface area contributed by atoms with Crippen molar-refractivity contribution in [3.05, 3.63) is 28.8 Å². The number of hydrogen-bond acceptors (Lipinski definition) is 3. The second kappa shape index (κ2) is 6.21. The first-order chi connectivity index (χ1) is 8.70. The highest BCUT2D eigenvalue weighted by molar-refractivity contribution is 5.42. The van der Waals surface area contributed by atoms with Crippen LogP contribution in [0.15, 0.2) is 12.1 Å². The number of aryl methyl sites for hydroxylation is 2. The fraction of sp³-hybridized carbons (Fsp3) is 0.600. The van der Waals surface area contributed by atoms with Gasteiger partial charge in [-0.1, -0.05) is 6.07 Å². The van der Waals surface area contributed by atoms with E-state index in [0.717, 1.165) is 18.8 Å². The summed E-state index contributed by atoms with van der Waals surface area (Å²) in [5.41, 5.74) is 3.84. The Kier molecular flexibility index (Phi) is 4.61. The molecule has 2 rings (SSSR count). The number of rotatable bonds is 5. The van der Waals surface area contributed by atoms with Gasteiger partial charge in [0.1, 0.15) is 5.75 Å². The summed E-state index contributed by atoms with van der Waals surface area (Å²) in [6.07, 6.45) is 2.59. The van der Waals surface area contributed by atoms with E-state index in [4.69, 9.17) is 4.74 Å². The summed E-state index contributed by atoms with van der Waals surface area (Å²) in [7, 11) is 1.75. The van der Waals surface area contributed by atoms with Gasteiger partial charge < -0.3 is 15.4 Å². The lowest BCUT2D eigenvalue weighted by Crippen LogP contribution is -2.33. The average Bonchev–Trinajstić information content (AvgIpc) is 2.84. The number of methoxy groups -OCH3 is 1. The summed E-state index contributed by atoms with van der Waals surface area (Å²) < 4.78 is 5.47. The highest BCUT2D eigenvalue weighted by Crippen LogP contribution is 2.23. The van der Waals surface area contributed by atoms with E-state index >= 15 is 0 Å². The molecule has 100 valence electrons. The fourth-order valence-corrected chi connectivity index (χ4v) is 2.67.